The Morgan fingerprint density at radius 2 is 2.22 bits per heavy atom. The number of hydrogen-bond donors (Lipinski definition) is 1. The fourth-order valence-electron chi connectivity index (χ4n) is 3.45. The average Bonchev–Trinajstić information content (AvgIpc) is 3.08. The number of nitrogens with zero attached hydrogens (tertiary/aromatic N) is 3. The topological polar surface area (TPSA) is 57.7 Å². The molecule has 6 nitrogen and oxygen atoms in total. The van der Waals surface area contributed by atoms with Crippen LogP contribution in [0.15, 0.2) is 18.3 Å². The molecule has 2 aliphatic rings. The number of hydrogen-bond acceptors (Lipinski definition) is 5. The van der Waals surface area contributed by atoms with Crippen LogP contribution in [0.3, 0.4) is 0 Å². The number of rotatable bonds is 5. The summed E-state index contributed by atoms with van der Waals surface area (Å²) in [5, 5.41) is 3.11. The molecule has 1 aromatic heterocycles. The van der Waals surface area contributed by atoms with Crippen molar-refractivity contribution in [2.24, 2.45) is 0 Å². The van der Waals surface area contributed by atoms with E-state index in [1.54, 1.807) is 6.20 Å². The zero-order valence-corrected chi connectivity index (χ0v) is 13.8. The second-order valence-electron chi connectivity index (χ2n) is 6.11. The molecule has 0 aliphatic carbocycles. The fraction of sp³-hybridized carbons (Fsp3) is 0.647. The quantitative estimate of drug-likeness (QED) is 0.882. The summed E-state index contributed by atoms with van der Waals surface area (Å²) < 4.78 is 5.39. The Hall–Kier alpha value is -1.66. The lowest BCUT2D eigenvalue weighted by Crippen LogP contribution is -2.41. The van der Waals surface area contributed by atoms with E-state index in [1.165, 1.54) is 6.42 Å². The van der Waals surface area contributed by atoms with E-state index < -0.39 is 0 Å². The van der Waals surface area contributed by atoms with Crippen LogP contribution < -0.4 is 10.2 Å². The number of carbonyl (C=O) groups excluding carboxylic acids is 1. The highest BCUT2D eigenvalue weighted by Gasteiger charge is 2.25. The van der Waals surface area contributed by atoms with E-state index in [4.69, 9.17) is 4.74 Å². The Balaban J connectivity index is 1.65. The van der Waals surface area contributed by atoms with Gasteiger partial charge in [-0.15, -0.1) is 0 Å². The molecule has 0 unspecified atom stereocenters. The molecule has 1 amide bonds. The first-order valence-electron chi connectivity index (χ1n) is 8.59. The summed E-state index contributed by atoms with van der Waals surface area (Å²) in [6, 6.07) is 4.15. The molecule has 2 aliphatic heterocycles. The van der Waals surface area contributed by atoms with Crippen LogP contribution in [0.25, 0.3) is 0 Å². The van der Waals surface area contributed by atoms with E-state index in [2.05, 4.69) is 27.0 Å². The first-order valence-corrected chi connectivity index (χ1v) is 8.59. The van der Waals surface area contributed by atoms with Crippen molar-refractivity contribution >= 4 is 11.7 Å². The Morgan fingerprint density at radius 3 is 3.00 bits per heavy atom. The Morgan fingerprint density at radius 1 is 1.39 bits per heavy atom. The van der Waals surface area contributed by atoms with Gasteiger partial charge in [-0.3, -0.25) is 9.69 Å². The molecule has 23 heavy (non-hydrogen) atoms. The monoisotopic (exact) mass is 318 g/mol. The van der Waals surface area contributed by atoms with E-state index in [9.17, 15) is 4.79 Å². The lowest BCUT2D eigenvalue weighted by Gasteiger charge is -2.29. The summed E-state index contributed by atoms with van der Waals surface area (Å²) in [6.45, 7) is 8.01. The lowest BCUT2D eigenvalue weighted by atomic mass is 10.2. The molecule has 2 saturated heterocycles. The molecule has 3 heterocycles. The largest absolute Gasteiger partial charge is 0.378 e. The van der Waals surface area contributed by atoms with Crippen LogP contribution in [0.1, 0.15) is 30.1 Å². The molecule has 0 aromatic carbocycles. The van der Waals surface area contributed by atoms with Gasteiger partial charge in [0, 0.05) is 31.9 Å². The summed E-state index contributed by atoms with van der Waals surface area (Å²) >= 11 is 0. The highest BCUT2D eigenvalue weighted by atomic mass is 16.5. The number of anilines is 1. The standard InChI is InChI=1S/C17H26N4O2/c1-2-20-8-4-5-14(20)13-19-17(22)15-6-3-7-18-16(15)21-9-11-23-12-10-21/h3,6-7,14H,2,4-5,8-13H2,1H3,(H,19,22)/t14-/m0/s1. The highest BCUT2D eigenvalue weighted by Crippen LogP contribution is 2.19. The number of likely N-dealkylation sites (N-methyl/N-ethyl adjacent to an activating group) is 1. The molecular weight excluding hydrogens is 292 g/mol. The third-order valence-electron chi connectivity index (χ3n) is 4.75. The summed E-state index contributed by atoms with van der Waals surface area (Å²) in [4.78, 5) is 21.6. The van der Waals surface area contributed by atoms with Gasteiger partial charge in [-0.25, -0.2) is 4.98 Å². The van der Waals surface area contributed by atoms with E-state index >= 15 is 0 Å². The van der Waals surface area contributed by atoms with Crippen LogP contribution in [0.2, 0.25) is 0 Å². The molecule has 3 rings (SSSR count). The Bertz CT molecular complexity index is 531. The van der Waals surface area contributed by atoms with Gasteiger partial charge in [0.05, 0.1) is 18.8 Å². The number of likely N-dealkylation sites (tertiary alicyclic amines) is 1. The molecule has 6 heteroatoms. The average molecular weight is 318 g/mol. The van der Waals surface area contributed by atoms with E-state index in [0.29, 0.717) is 31.4 Å². The molecule has 126 valence electrons. The zero-order valence-electron chi connectivity index (χ0n) is 13.8. The molecule has 1 aromatic rings. The third kappa shape index (κ3) is 3.82. The minimum Gasteiger partial charge on any atom is -0.378 e. The maximum atomic E-state index is 12.6. The van der Waals surface area contributed by atoms with E-state index in [0.717, 1.165) is 38.4 Å². The summed E-state index contributed by atoms with van der Waals surface area (Å²) in [6.07, 6.45) is 4.13. The third-order valence-corrected chi connectivity index (χ3v) is 4.75. The first kappa shape index (κ1) is 16.2. The van der Waals surface area contributed by atoms with Gasteiger partial charge < -0.3 is 15.0 Å². The van der Waals surface area contributed by atoms with Crippen molar-refractivity contribution in [3.05, 3.63) is 23.9 Å². The predicted molar refractivity (Wildman–Crippen MR) is 89.9 cm³/mol. The van der Waals surface area contributed by atoms with Gasteiger partial charge in [0.2, 0.25) is 0 Å². The summed E-state index contributed by atoms with van der Waals surface area (Å²) in [5.74, 6) is 0.745. The van der Waals surface area contributed by atoms with Gasteiger partial charge >= 0.3 is 0 Å². The van der Waals surface area contributed by atoms with Crippen molar-refractivity contribution in [1.29, 1.82) is 0 Å². The van der Waals surface area contributed by atoms with Crippen LogP contribution >= 0.6 is 0 Å². The molecule has 1 atom stereocenters. The van der Waals surface area contributed by atoms with Gasteiger partial charge in [0.1, 0.15) is 5.82 Å². The van der Waals surface area contributed by atoms with Gasteiger partial charge in [0.25, 0.3) is 5.91 Å². The van der Waals surface area contributed by atoms with Crippen molar-refractivity contribution in [1.82, 2.24) is 15.2 Å². The number of pyridine rings is 1. The van der Waals surface area contributed by atoms with Crippen LogP contribution in [0.4, 0.5) is 5.82 Å². The van der Waals surface area contributed by atoms with Crippen molar-refractivity contribution in [2.75, 3.05) is 50.8 Å². The molecular formula is C17H26N4O2. The number of amides is 1. The van der Waals surface area contributed by atoms with Crippen LogP contribution in [-0.2, 0) is 4.74 Å². The molecule has 2 fully saturated rings. The summed E-state index contributed by atoms with van der Waals surface area (Å²) in [5.41, 5.74) is 0.662. The maximum absolute atomic E-state index is 12.6. The number of ether oxygens (including phenoxy) is 1. The smallest absolute Gasteiger partial charge is 0.255 e. The van der Waals surface area contributed by atoms with Gasteiger partial charge in [-0.2, -0.15) is 0 Å². The molecule has 1 N–H and O–H groups in total. The van der Waals surface area contributed by atoms with Crippen LogP contribution in [0.5, 0.6) is 0 Å². The second-order valence-corrected chi connectivity index (χ2v) is 6.11. The SMILES string of the molecule is CCN1CCC[C@H]1CNC(=O)c1cccnc1N1CCOCC1. The van der Waals surface area contributed by atoms with Gasteiger partial charge in [-0.05, 0) is 38.1 Å². The number of morpholine rings is 1. The van der Waals surface area contributed by atoms with Crippen LogP contribution in [-0.4, -0.2) is 67.8 Å². The number of aromatic nitrogens is 1. The number of carbonyl (C=O) groups is 1. The Labute approximate surface area is 137 Å². The van der Waals surface area contributed by atoms with Crippen molar-refractivity contribution in [3.8, 4) is 0 Å². The minimum atomic E-state index is -0.0254. The van der Waals surface area contributed by atoms with Crippen molar-refractivity contribution in [2.45, 2.75) is 25.8 Å². The van der Waals surface area contributed by atoms with Crippen LogP contribution in [0, 0.1) is 0 Å². The number of nitrogens with one attached hydrogen (secondary N) is 1. The van der Waals surface area contributed by atoms with Crippen molar-refractivity contribution in [3.63, 3.8) is 0 Å². The Kier molecular flexibility index (Phi) is 5.46. The summed E-state index contributed by atoms with van der Waals surface area (Å²) in [7, 11) is 0. The molecule has 0 radical (unpaired) electrons. The highest BCUT2D eigenvalue weighted by molar-refractivity contribution is 5.98. The maximum Gasteiger partial charge on any atom is 0.255 e. The van der Waals surface area contributed by atoms with E-state index in [1.807, 2.05) is 12.1 Å². The lowest BCUT2D eigenvalue weighted by molar-refractivity contribution is 0.0939. The first-order chi connectivity index (χ1) is 11.3. The zero-order chi connectivity index (χ0) is 16.1. The van der Waals surface area contributed by atoms with Gasteiger partial charge in [-0.1, -0.05) is 6.92 Å². The minimum absolute atomic E-state index is 0.0254. The molecule has 0 saturated carbocycles. The second kappa shape index (κ2) is 7.75. The van der Waals surface area contributed by atoms with E-state index in [-0.39, 0.29) is 5.91 Å². The molecule has 0 spiro atoms. The predicted octanol–water partition coefficient (Wildman–Crippen LogP) is 1.13. The van der Waals surface area contributed by atoms with Gasteiger partial charge in [0.15, 0.2) is 0 Å². The molecule has 0 bridgehead atoms. The normalized spacial score (nSPS) is 22.3. The fourth-order valence-corrected chi connectivity index (χ4v) is 3.45. The van der Waals surface area contributed by atoms with Crippen molar-refractivity contribution < 1.29 is 9.53 Å².